The zero-order chi connectivity index (χ0) is 13.0. The lowest BCUT2D eigenvalue weighted by Gasteiger charge is -2.36. The highest BCUT2D eigenvalue weighted by atomic mass is 16.4. The van der Waals surface area contributed by atoms with Crippen LogP contribution in [0.5, 0.6) is 0 Å². The molecular formula is C13H19N3O2. The van der Waals surface area contributed by atoms with Gasteiger partial charge in [-0.3, -0.25) is 0 Å². The quantitative estimate of drug-likeness (QED) is 0.887. The lowest BCUT2D eigenvalue weighted by atomic mass is 9.98. The van der Waals surface area contributed by atoms with Crippen LogP contribution in [0.3, 0.4) is 0 Å². The van der Waals surface area contributed by atoms with Crippen molar-refractivity contribution in [3.05, 3.63) is 17.8 Å². The summed E-state index contributed by atoms with van der Waals surface area (Å²) in [6, 6.07) is 3.82. The standard InChI is InChI=1S/C13H19N3O2/c1-2-5-10-6-3-4-9-16(10)12-8-7-11(13(17)18)14-15-12/h7-8,10H,2-6,9H2,1H3,(H,17,18). The first-order valence-corrected chi connectivity index (χ1v) is 6.56. The number of carboxylic acid groups (broad SMARTS) is 1. The van der Waals surface area contributed by atoms with Gasteiger partial charge in [0, 0.05) is 12.6 Å². The van der Waals surface area contributed by atoms with E-state index in [1.807, 2.05) is 0 Å². The van der Waals surface area contributed by atoms with Crippen LogP contribution in [-0.2, 0) is 0 Å². The molecule has 0 saturated carbocycles. The average Bonchev–Trinajstić information content (AvgIpc) is 2.40. The average molecular weight is 249 g/mol. The molecule has 0 aliphatic carbocycles. The smallest absolute Gasteiger partial charge is 0.356 e. The summed E-state index contributed by atoms with van der Waals surface area (Å²) >= 11 is 0. The van der Waals surface area contributed by atoms with Crippen LogP contribution in [0.2, 0.25) is 0 Å². The number of rotatable bonds is 4. The van der Waals surface area contributed by atoms with Crippen LogP contribution in [0.1, 0.15) is 49.5 Å². The molecule has 5 heteroatoms. The molecule has 98 valence electrons. The van der Waals surface area contributed by atoms with Gasteiger partial charge in [-0.05, 0) is 37.8 Å². The van der Waals surface area contributed by atoms with Crippen molar-refractivity contribution in [2.45, 2.75) is 45.1 Å². The molecule has 0 bridgehead atoms. The van der Waals surface area contributed by atoms with Gasteiger partial charge in [-0.2, -0.15) is 0 Å². The second kappa shape index (κ2) is 5.80. The van der Waals surface area contributed by atoms with Crippen LogP contribution < -0.4 is 4.90 Å². The molecule has 1 aliphatic heterocycles. The Labute approximate surface area is 107 Å². The molecule has 1 saturated heterocycles. The Hall–Kier alpha value is -1.65. The molecule has 18 heavy (non-hydrogen) atoms. The molecule has 0 spiro atoms. The summed E-state index contributed by atoms with van der Waals surface area (Å²) in [6.07, 6.45) is 5.94. The molecule has 0 amide bonds. The van der Waals surface area contributed by atoms with Gasteiger partial charge in [0.1, 0.15) is 0 Å². The van der Waals surface area contributed by atoms with Gasteiger partial charge in [-0.1, -0.05) is 13.3 Å². The Balaban J connectivity index is 2.15. The topological polar surface area (TPSA) is 66.3 Å². The van der Waals surface area contributed by atoms with E-state index in [1.54, 1.807) is 6.07 Å². The van der Waals surface area contributed by atoms with Crippen LogP contribution in [0, 0.1) is 0 Å². The van der Waals surface area contributed by atoms with E-state index in [0.717, 1.165) is 25.2 Å². The second-order valence-corrected chi connectivity index (χ2v) is 4.71. The number of nitrogens with zero attached hydrogens (tertiary/aromatic N) is 3. The van der Waals surface area contributed by atoms with E-state index in [4.69, 9.17) is 5.11 Å². The SMILES string of the molecule is CCCC1CCCCN1c1ccc(C(=O)O)nn1. The van der Waals surface area contributed by atoms with Crippen LogP contribution in [-0.4, -0.2) is 33.9 Å². The minimum atomic E-state index is -1.03. The fourth-order valence-corrected chi connectivity index (χ4v) is 2.53. The number of aromatic nitrogens is 2. The Kier molecular flexibility index (Phi) is 4.12. The Bertz CT molecular complexity index is 403. The molecule has 1 atom stereocenters. The van der Waals surface area contributed by atoms with Crippen molar-refractivity contribution in [3.8, 4) is 0 Å². The van der Waals surface area contributed by atoms with E-state index >= 15 is 0 Å². The van der Waals surface area contributed by atoms with Crippen molar-refractivity contribution in [3.63, 3.8) is 0 Å². The molecule has 1 aromatic heterocycles. The largest absolute Gasteiger partial charge is 0.476 e. The number of aromatic carboxylic acids is 1. The highest BCUT2D eigenvalue weighted by Gasteiger charge is 2.23. The molecule has 2 heterocycles. The second-order valence-electron chi connectivity index (χ2n) is 4.71. The number of hydrogen-bond acceptors (Lipinski definition) is 4. The van der Waals surface area contributed by atoms with Crippen LogP contribution in [0.4, 0.5) is 5.82 Å². The summed E-state index contributed by atoms with van der Waals surface area (Å²) in [7, 11) is 0. The Morgan fingerprint density at radius 2 is 2.28 bits per heavy atom. The zero-order valence-electron chi connectivity index (χ0n) is 10.7. The maximum absolute atomic E-state index is 10.7. The van der Waals surface area contributed by atoms with Gasteiger partial charge in [0.05, 0.1) is 0 Å². The fraction of sp³-hybridized carbons (Fsp3) is 0.615. The van der Waals surface area contributed by atoms with Gasteiger partial charge in [0.25, 0.3) is 0 Å². The third kappa shape index (κ3) is 2.78. The maximum atomic E-state index is 10.7. The van der Waals surface area contributed by atoms with Crippen LogP contribution >= 0.6 is 0 Å². The molecule has 0 aromatic carbocycles. The molecule has 1 unspecified atom stereocenters. The third-order valence-electron chi connectivity index (χ3n) is 3.41. The summed E-state index contributed by atoms with van der Waals surface area (Å²) in [5.41, 5.74) is 0.00259. The van der Waals surface area contributed by atoms with Crippen molar-refractivity contribution in [2.24, 2.45) is 0 Å². The lowest BCUT2D eigenvalue weighted by molar-refractivity contribution is 0.0689. The lowest BCUT2D eigenvalue weighted by Crippen LogP contribution is -2.40. The molecular weight excluding hydrogens is 230 g/mol. The Morgan fingerprint density at radius 3 is 2.89 bits per heavy atom. The highest BCUT2D eigenvalue weighted by Crippen LogP contribution is 2.25. The van der Waals surface area contributed by atoms with Gasteiger partial charge in [-0.15, -0.1) is 10.2 Å². The van der Waals surface area contributed by atoms with E-state index in [9.17, 15) is 4.79 Å². The minimum Gasteiger partial charge on any atom is -0.476 e. The first-order chi connectivity index (χ1) is 8.72. The molecule has 0 radical (unpaired) electrons. The number of hydrogen-bond donors (Lipinski definition) is 1. The number of piperidine rings is 1. The van der Waals surface area contributed by atoms with Gasteiger partial charge >= 0.3 is 5.97 Å². The molecule has 1 aliphatic rings. The molecule has 1 N–H and O–H groups in total. The van der Waals surface area contributed by atoms with Crippen molar-refractivity contribution in [1.29, 1.82) is 0 Å². The highest BCUT2D eigenvalue weighted by molar-refractivity contribution is 5.85. The van der Waals surface area contributed by atoms with E-state index in [1.165, 1.54) is 25.3 Å². The van der Waals surface area contributed by atoms with Crippen molar-refractivity contribution >= 4 is 11.8 Å². The number of carbonyl (C=O) groups is 1. The predicted octanol–water partition coefficient (Wildman–Crippen LogP) is 2.33. The molecule has 1 fully saturated rings. The zero-order valence-corrected chi connectivity index (χ0v) is 10.7. The predicted molar refractivity (Wildman–Crippen MR) is 68.9 cm³/mol. The summed E-state index contributed by atoms with van der Waals surface area (Å²) in [6.45, 7) is 3.18. The molecule has 2 rings (SSSR count). The number of carboxylic acids is 1. The summed E-state index contributed by atoms with van der Waals surface area (Å²) in [5.74, 6) is -0.226. The van der Waals surface area contributed by atoms with Gasteiger partial charge in [0.15, 0.2) is 11.5 Å². The first-order valence-electron chi connectivity index (χ1n) is 6.56. The third-order valence-corrected chi connectivity index (χ3v) is 3.41. The van der Waals surface area contributed by atoms with E-state index in [-0.39, 0.29) is 5.69 Å². The maximum Gasteiger partial charge on any atom is 0.356 e. The molecule has 1 aromatic rings. The van der Waals surface area contributed by atoms with Gasteiger partial charge in [0.2, 0.25) is 0 Å². The van der Waals surface area contributed by atoms with Crippen molar-refractivity contribution < 1.29 is 9.90 Å². The van der Waals surface area contributed by atoms with Crippen molar-refractivity contribution in [2.75, 3.05) is 11.4 Å². The monoisotopic (exact) mass is 249 g/mol. The molecule has 5 nitrogen and oxygen atoms in total. The number of anilines is 1. The van der Waals surface area contributed by atoms with Crippen LogP contribution in [0.25, 0.3) is 0 Å². The van der Waals surface area contributed by atoms with Gasteiger partial charge in [-0.25, -0.2) is 4.79 Å². The summed E-state index contributed by atoms with van der Waals surface area (Å²) < 4.78 is 0. The normalized spacial score (nSPS) is 19.8. The minimum absolute atomic E-state index is 0.00259. The van der Waals surface area contributed by atoms with Crippen molar-refractivity contribution in [1.82, 2.24) is 10.2 Å². The fourth-order valence-electron chi connectivity index (χ4n) is 2.53. The van der Waals surface area contributed by atoms with E-state index in [2.05, 4.69) is 22.0 Å². The van der Waals surface area contributed by atoms with E-state index in [0.29, 0.717) is 6.04 Å². The first kappa shape index (κ1) is 12.8. The van der Waals surface area contributed by atoms with E-state index < -0.39 is 5.97 Å². The Morgan fingerprint density at radius 1 is 1.44 bits per heavy atom. The van der Waals surface area contributed by atoms with Crippen LogP contribution in [0.15, 0.2) is 12.1 Å². The summed E-state index contributed by atoms with van der Waals surface area (Å²) in [5, 5.41) is 16.6. The summed E-state index contributed by atoms with van der Waals surface area (Å²) in [4.78, 5) is 13.0. The van der Waals surface area contributed by atoms with Gasteiger partial charge < -0.3 is 10.0 Å².